The van der Waals surface area contributed by atoms with Gasteiger partial charge in [0.05, 0.1) is 6.04 Å². The lowest BCUT2D eigenvalue weighted by Gasteiger charge is -2.22. The van der Waals surface area contributed by atoms with Crippen molar-refractivity contribution in [3.8, 4) is 0 Å². The van der Waals surface area contributed by atoms with E-state index in [4.69, 9.17) is 5.73 Å². The molecule has 1 aromatic heterocycles. The van der Waals surface area contributed by atoms with Gasteiger partial charge in [-0.25, -0.2) is 4.79 Å². The minimum absolute atomic E-state index is 0.289. The molecule has 0 aliphatic rings. The van der Waals surface area contributed by atoms with Crippen molar-refractivity contribution in [2.45, 2.75) is 13.0 Å². The number of carbonyl (C=O) groups excluding carboxylic acids is 2. The number of fused-ring (bicyclic) bond motifs is 1. The topological polar surface area (TPSA) is 97.1 Å². The SMILES string of the molecule is CCNC(=O)NC(c1cccc(C(N)=O)c1)c1cccc2ccncc12. The summed E-state index contributed by atoms with van der Waals surface area (Å²) in [5, 5.41) is 7.67. The number of hydrogen-bond donors (Lipinski definition) is 3. The molecule has 132 valence electrons. The van der Waals surface area contributed by atoms with Crippen LogP contribution in [0.4, 0.5) is 4.79 Å². The number of rotatable bonds is 5. The molecule has 0 aliphatic heterocycles. The monoisotopic (exact) mass is 348 g/mol. The van der Waals surface area contributed by atoms with Gasteiger partial charge in [-0.15, -0.1) is 0 Å². The minimum Gasteiger partial charge on any atom is -0.366 e. The molecule has 6 heteroatoms. The summed E-state index contributed by atoms with van der Waals surface area (Å²) < 4.78 is 0. The van der Waals surface area contributed by atoms with Gasteiger partial charge in [0.25, 0.3) is 0 Å². The number of nitrogens with one attached hydrogen (secondary N) is 2. The molecular formula is C20H20N4O2. The molecule has 1 atom stereocenters. The highest BCUT2D eigenvalue weighted by molar-refractivity contribution is 5.93. The zero-order valence-electron chi connectivity index (χ0n) is 14.4. The van der Waals surface area contributed by atoms with Gasteiger partial charge in [-0.1, -0.05) is 30.3 Å². The molecule has 0 aliphatic carbocycles. The second kappa shape index (κ2) is 7.65. The van der Waals surface area contributed by atoms with Crippen LogP contribution in [0.15, 0.2) is 60.9 Å². The minimum atomic E-state index is -0.511. The number of amides is 3. The van der Waals surface area contributed by atoms with Crippen LogP contribution in [0.5, 0.6) is 0 Å². The van der Waals surface area contributed by atoms with E-state index in [2.05, 4.69) is 15.6 Å². The summed E-state index contributed by atoms with van der Waals surface area (Å²) in [6.45, 7) is 2.36. The number of carbonyl (C=O) groups is 2. The van der Waals surface area contributed by atoms with Gasteiger partial charge in [-0.2, -0.15) is 0 Å². The van der Waals surface area contributed by atoms with E-state index in [0.717, 1.165) is 21.9 Å². The molecule has 0 spiro atoms. The predicted molar refractivity (Wildman–Crippen MR) is 101 cm³/mol. The Balaban J connectivity index is 2.13. The Kier molecular flexibility index (Phi) is 5.12. The summed E-state index contributed by atoms with van der Waals surface area (Å²) in [5.41, 5.74) is 7.46. The zero-order chi connectivity index (χ0) is 18.5. The Morgan fingerprint density at radius 1 is 1.15 bits per heavy atom. The van der Waals surface area contributed by atoms with Gasteiger partial charge in [-0.3, -0.25) is 9.78 Å². The highest BCUT2D eigenvalue weighted by atomic mass is 16.2. The maximum absolute atomic E-state index is 12.2. The molecule has 4 N–H and O–H groups in total. The van der Waals surface area contributed by atoms with Crippen molar-refractivity contribution in [3.05, 3.63) is 77.6 Å². The molecule has 26 heavy (non-hydrogen) atoms. The average Bonchev–Trinajstić information content (AvgIpc) is 2.66. The van der Waals surface area contributed by atoms with Crippen LogP contribution in [0.3, 0.4) is 0 Å². The van der Waals surface area contributed by atoms with Gasteiger partial charge in [0.1, 0.15) is 0 Å². The molecular weight excluding hydrogens is 328 g/mol. The van der Waals surface area contributed by atoms with Gasteiger partial charge < -0.3 is 16.4 Å². The molecule has 1 heterocycles. The summed E-state index contributed by atoms with van der Waals surface area (Å²) >= 11 is 0. The zero-order valence-corrected chi connectivity index (χ0v) is 14.4. The van der Waals surface area contributed by atoms with Crippen LogP contribution in [0, 0.1) is 0 Å². The van der Waals surface area contributed by atoms with Crippen LogP contribution >= 0.6 is 0 Å². The lowest BCUT2D eigenvalue weighted by molar-refractivity contribution is 0.1000. The summed E-state index contributed by atoms with van der Waals surface area (Å²) in [7, 11) is 0. The molecule has 2 aromatic carbocycles. The molecule has 0 fully saturated rings. The first-order valence-corrected chi connectivity index (χ1v) is 8.37. The predicted octanol–water partition coefficient (Wildman–Crippen LogP) is 2.74. The quantitative estimate of drug-likeness (QED) is 0.661. The van der Waals surface area contributed by atoms with E-state index in [0.29, 0.717) is 12.1 Å². The number of benzene rings is 2. The maximum Gasteiger partial charge on any atom is 0.315 e. The molecule has 6 nitrogen and oxygen atoms in total. The second-order valence-electron chi connectivity index (χ2n) is 5.87. The first kappa shape index (κ1) is 17.4. The van der Waals surface area contributed by atoms with Crippen LogP contribution in [0.1, 0.15) is 34.5 Å². The molecule has 0 bridgehead atoms. The Morgan fingerprint density at radius 3 is 2.73 bits per heavy atom. The van der Waals surface area contributed by atoms with Crippen molar-refractivity contribution in [1.29, 1.82) is 0 Å². The fraction of sp³-hybridized carbons (Fsp3) is 0.150. The Morgan fingerprint density at radius 2 is 1.96 bits per heavy atom. The number of nitrogens with zero attached hydrogens (tertiary/aromatic N) is 1. The third-order valence-corrected chi connectivity index (χ3v) is 4.15. The number of aromatic nitrogens is 1. The van der Waals surface area contributed by atoms with Gasteiger partial charge in [0.15, 0.2) is 0 Å². The summed E-state index contributed by atoms with van der Waals surface area (Å²) in [4.78, 5) is 28.0. The molecule has 3 aromatic rings. The van der Waals surface area contributed by atoms with Gasteiger partial charge >= 0.3 is 6.03 Å². The lowest BCUT2D eigenvalue weighted by Crippen LogP contribution is -2.38. The standard InChI is InChI=1S/C20H20N4O2/c1-2-23-20(26)24-18(14-6-3-7-15(11-14)19(21)25)16-8-4-5-13-9-10-22-12-17(13)16/h3-12,18H,2H2,1H3,(H2,21,25)(H2,23,24,26). The number of pyridine rings is 1. The third kappa shape index (κ3) is 3.64. The van der Waals surface area contributed by atoms with Crippen molar-refractivity contribution < 1.29 is 9.59 Å². The molecule has 0 radical (unpaired) electrons. The van der Waals surface area contributed by atoms with Crippen molar-refractivity contribution in [1.82, 2.24) is 15.6 Å². The van der Waals surface area contributed by atoms with E-state index in [9.17, 15) is 9.59 Å². The summed E-state index contributed by atoms with van der Waals surface area (Å²) in [6.07, 6.45) is 3.50. The third-order valence-electron chi connectivity index (χ3n) is 4.15. The highest BCUT2D eigenvalue weighted by Gasteiger charge is 2.20. The number of nitrogens with two attached hydrogens (primary N) is 1. The van der Waals surface area contributed by atoms with E-state index in [-0.39, 0.29) is 6.03 Å². The molecule has 0 saturated heterocycles. The Bertz CT molecular complexity index is 950. The first-order chi connectivity index (χ1) is 12.6. The molecule has 1 unspecified atom stereocenters. The summed E-state index contributed by atoms with van der Waals surface area (Å²) in [6, 6.07) is 14.0. The largest absolute Gasteiger partial charge is 0.366 e. The molecule has 0 saturated carbocycles. The lowest BCUT2D eigenvalue weighted by atomic mass is 9.93. The fourth-order valence-corrected chi connectivity index (χ4v) is 2.94. The Labute approximate surface area is 151 Å². The normalized spacial score (nSPS) is 11.7. The van der Waals surface area contributed by atoms with Crippen LogP contribution in [-0.2, 0) is 0 Å². The van der Waals surface area contributed by atoms with E-state index in [1.54, 1.807) is 30.6 Å². The number of urea groups is 1. The Hall–Kier alpha value is -3.41. The van der Waals surface area contributed by atoms with Crippen molar-refractivity contribution >= 4 is 22.7 Å². The van der Waals surface area contributed by atoms with E-state index in [1.807, 2.05) is 37.3 Å². The van der Waals surface area contributed by atoms with Crippen molar-refractivity contribution in [2.75, 3.05) is 6.54 Å². The maximum atomic E-state index is 12.2. The van der Waals surface area contributed by atoms with Crippen LogP contribution in [-0.4, -0.2) is 23.5 Å². The van der Waals surface area contributed by atoms with Crippen LogP contribution < -0.4 is 16.4 Å². The molecule has 3 rings (SSSR count). The van der Waals surface area contributed by atoms with Gasteiger partial charge in [0.2, 0.25) is 5.91 Å². The van der Waals surface area contributed by atoms with E-state index >= 15 is 0 Å². The number of primary amides is 1. The highest BCUT2D eigenvalue weighted by Crippen LogP contribution is 2.29. The molecule has 3 amide bonds. The average molecular weight is 348 g/mol. The van der Waals surface area contributed by atoms with Crippen LogP contribution in [0.25, 0.3) is 10.8 Å². The van der Waals surface area contributed by atoms with E-state index < -0.39 is 11.9 Å². The fourth-order valence-electron chi connectivity index (χ4n) is 2.94. The first-order valence-electron chi connectivity index (χ1n) is 8.37. The van der Waals surface area contributed by atoms with Crippen molar-refractivity contribution in [3.63, 3.8) is 0 Å². The van der Waals surface area contributed by atoms with Crippen LogP contribution in [0.2, 0.25) is 0 Å². The van der Waals surface area contributed by atoms with Gasteiger partial charge in [-0.05, 0) is 41.6 Å². The smallest absolute Gasteiger partial charge is 0.315 e. The number of hydrogen-bond acceptors (Lipinski definition) is 3. The van der Waals surface area contributed by atoms with Gasteiger partial charge in [0, 0.05) is 29.9 Å². The summed E-state index contributed by atoms with van der Waals surface area (Å²) in [5.74, 6) is -0.511. The van der Waals surface area contributed by atoms with E-state index in [1.165, 1.54) is 0 Å². The second-order valence-corrected chi connectivity index (χ2v) is 5.87. The van der Waals surface area contributed by atoms with Crippen molar-refractivity contribution in [2.24, 2.45) is 5.73 Å².